The number of hydrogen-bond acceptors (Lipinski definition) is 3. The summed E-state index contributed by atoms with van der Waals surface area (Å²) in [6.07, 6.45) is 3.41. The monoisotopic (exact) mass is 224 g/mol. The van der Waals surface area contributed by atoms with Crippen LogP contribution in [0.15, 0.2) is 6.33 Å². The van der Waals surface area contributed by atoms with E-state index < -0.39 is 0 Å². The van der Waals surface area contributed by atoms with E-state index in [0.717, 1.165) is 18.7 Å². The maximum atomic E-state index is 6.14. The van der Waals surface area contributed by atoms with Gasteiger partial charge in [-0.1, -0.05) is 20.8 Å². The Morgan fingerprint density at radius 1 is 1.38 bits per heavy atom. The molecule has 0 bridgehead atoms. The van der Waals surface area contributed by atoms with Crippen molar-refractivity contribution in [1.82, 2.24) is 14.8 Å². The lowest BCUT2D eigenvalue weighted by molar-refractivity contribution is 0.333. The topological polar surface area (TPSA) is 56.7 Å². The second-order valence-electron chi connectivity index (χ2n) is 5.94. The molecule has 1 heterocycles. The van der Waals surface area contributed by atoms with Crippen LogP contribution in [-0.2, 0) is 6.42 Å². The molecule has 0 saturated heterocycles. The lowest BCUT2D eigenvalue weighted by atomic mass is 9.87. The van der Waals surface area contributed by atoms with Crippen LogP contribution >= 0.6 is 0 Å². The van der Waals surface area contributed by atoms with Crippen molar-refractivity contribution in [2.24, 2.45) is 11.1 Å². The van der Waals surface area contributed by atoms with Crippen molar-refractivity contribution >= 4 is 0 Å². The van der Waals surface area contributed by atoms with Crippen LogP contribution in [0.3, 0.4) is 0 Å². The van der Waals surface area contributed by atoms with Gasteiger partial charge in [-0.25, -0.2) is 9.67 Å². The molecule has 4 nitrogen and oxygen atoms in total. The van der Waals surface area contributed by atoms with E-state index in [-0.39, 0.29) is 11.5 Å². The predicted molar refractivity (Wildman–Crippen MR) is 66.2 cm³/mol. The Hall–Kier alpha value is -0.900. The maximum Gasteiger partial charge on any atom is 0.138 e. The second-order valence-corrected chi connectivity index (χ2v) is 5.94. The zero-order chi connectivity index (χ0) is 12.3. The minimum absolute atomic E-state index is 0.154. The van der Waals surface area contributed by atoms with Crippen molar-refractivity contribution in [2.45, 2.75) is 59.5 Å². The number of nitrogens with zero attached hydrogens (tertiary/aromatic N) is 3. The zero-order valence-corrected chi connectivity index (χ0v) is 11.1. The van der Waals surface area contributed by atoms with Gasteiger partial charge in [-0.2, -0.15) is 5.10 Å². The van der Waals surface area contributed by atoms with Crippen molar-refractivity contribution in [3.05, 3.63) is 12.2 Å². The smallest absolute Gasteiger partial charge is 0.138 e. The molecule has 1 atom stereocenters. The maximum absolute atomic E-state index is 6.14. The van der Waals surface area contributed by atoms with E-state index >= 15 is 0 Å². The lowest BCUT2D eigenvalue weighted by Crippen LogP contribution is -2.30. The minimum Gasteiger partial charge on any atom is -0.327 e. The molecule has 0 amide bonds. The fraction of sp³-hybridized carbons (Fsp3) is 0.833. The van der Waals surface area contributed by atoms with Crippen molar-refractivity contribution < 1.29 is 0 Å². The molecule has 0 saturated carbocycles. The lowest BCUT2D eigenvalue weighted by Gasteiger charge is -2.23. The Bertz CT molecular complexity index is 322. The summed E-state index contributed by atoms with van der Waals surface area (Å²) in [6.45, 7) is 10.8. The van der Waals surface area contributed by atoms with Gasteiger partial charge in [0.1, 0.15) is 12.2 Å². The fourth-order valence-electron chi connectivity index (χ4n) is 1.94. The summed E-state index contributed by atoms with van der Waals surface area (Å²) in [5.41, 5.74) is 6.40. The van der Waals surface area contributed by atoms with E-state index in [1.54, 1.807) is 6.33 Å². The standard InChI is InChI=1S/C12H24N4/c1-9(2)16-11(14-8-15-16)6-10(13)7-12(3,4)5/h8-10H,6-7,13H2,1-5H3. The molecule has 0 spiro atoms. The summed E-state index contributed by atoms with van der Waals surface area (Å²) in [5, 5.41) is 4.22. The Morgan fingerprint density at radius 3 is 2.50 bits per heavy atom. The first-order valence-corrected chi connectivity index (χ1v) is 5.93. The van der Waals surface area contributed by atoms with Gasteiger partial charge in [0.25, 0.3) is 0 Å². The summed E-state index contributed by atoms with van der Waals surface area (Å²) >= 11 is 0. The van der Waals surface area contributed by atoms with Crippen LogP contribution in [-0.4, -0.2) is 20.8 Å². The molecular formula is C12H24N4. The summed E-state index contributed by atoms with van der Waals surface area (Å²) in [5.74, 6) is 0.992. The van der Waals surface area contributed by atoms with Gasteiger partial charge in [-0.05, 0) is 25.7 Å². The van der Waals surface area contributed by atoms with Crippen LogP contribution in [0, 0.1) is 5.41 Å². The van der Waals surface area contributed by atoms with Gasteiger partial charge in [-0.3, -0.25) is 0 Å². The van der Waals surface area contributed by atoms with Crippen LogP contribution in [0.25, 0.3) is 0 Å². The average Bonchev–Trinajstić information content (AvgIpc) is 2.47. The molecule has 0 aliphatic rings. The highest BCUT2D eigenvalue weighted by Gasteiger charge is 2.18. The van der Waals surface area contributed by atoms with Crippen LogP contribution in [0.1, 0.15) is 52.9 Å². The highest BCUT2D eigenvalue weighted by Crippen LogP contribution is 2.21. The predicted octanol–water partition coefficient (Wildman–Crippen LogP) is 2.17. The molecule has 0 aliphatic carbocycles. The van der Waals surface area contributed by atoms with Crippen LogP contribution in [0.5, 0.6) is 0 Å². The van der Waals surface area contributed by atoms with Gasteiger partial charge in [0.05, 0.1) is 0 Å². The van der Waals surface area contributed by atoms with E-state index in [9.17, 15) is 0 Å². The molecule has 2 N–H and O–H groups in total. The van der Waals surface area contributed by atoms with Crippen molar-refractivity contribution in [1.29, 1.82) is 0 Å². The zero-order valence-electron chi connectivity index (χ0n) is 11.1. The first kappa shape index (κ1) is 13.2. The Kier molecular flexibility index (Phi) is 4.08. The number of rotatable bonds is 4. The van der Waals surface area contributed by atoms with E-state index in [4.69, 9.17) is 5.73 Å². The van der Waals surface area contributed by atoms with E-state index in [1.807, 2.05) is 4.68 Å². The molecule has 1 unspecified atom stereocenters. The SMILES string of the molecule is CC(C)n1ncnc1CC(N)CC(C)(C)C. The molecular weight excluding hydrogens is 200 g/mol. The van der Waals surface area contributed by atoms with Gasteiger partial charge in [0, 0.05) is 18.5 Å². The van der Waals surface area contributed by atoms with E-state index in [1.165, 1.54) is 0 Å². The van der Waals surface area contributed by atoms with Crippen LogP contribution in [0.4, 0.5) is 0 Å². The third kappa shape index (κ3) is 3.93. The van der Waals surface area contributed by atoms with Gasteiger partial charge in [-0.15, -0.1) is 0 Å². The number of nitrogens with two attached hydrogens (primary N) is 1. The molecule has 1 rings (SSSR count). The fourth-order valence-corrected chi connectivity index (χ4v) is 1.94. The number of hydrogen-bond donors (Lipinski definition) is 1. The van der Waals surface area contributed by atoms with Gasteiger partial charge >= 0.3 is 0 Å². The minimum atomic E-state index is 0.154. The summed E-state index contributed by atoms with van der Waals surface area (Å²) in [7, 11) is 0. The highest BCUT2D eigenvalue weighted by atomic mass is 15.3. The van der Waals surface area contributed by atoms with E-state index in [0.29, 0.717) is 6.04 Å². The third-order valence-electron chi connectivity index (χ3n) is 2.46. The summed E-state index contributed by atoms with van der Waals surface area (Å²) in [6, 6.07) is 0.501. The van der Waals surface area contributed by atoms with Crippen LogP contribution < -0.4 is 5.73 Å². The Morgan fingerprint density at radius 2 is 2.00 bits per heavy atom. The quantitative estimate of drug-likeness (QED) is 0.852. The molecule has 1 aromatic rings. The second kappa shape index (κ2) is 4.95. The molecule has 92 valence electrons. The first-order chi connectivity index (χ1) is 7.29. The highest BCUT2D eigenvalue weighted by molar-refractivity contribution is 4.91. The Balaban J connectivity index is 2.63. The van der Waals surface area contributed by atoms with Crippen LogP contribution in [0.2, 0.25) is 0 Å². The third-order valence-corrected chi connectivity index (χ3v) is 2.46. The summed E-state index contributed by atoms with van der Waals surface area (Å²) < 4.78 is 1.95. The molecule has 4 heteroatoms. The summed E-state index contributed by atoms with van der Waals surface area (Å²) in [4.78, 5) is 4.28. The molecule has 0 aromatic carbocycles. The molecule has 1 aromatic heterocycles. The molecule has 0 fully saturated rings. The molecule has 16 heavy (non-hydrogen) atoms. The Labute approximate surface area is 98.2 Å². The average molecular weight is 224 g/mol. The van der Waals surface area contributed by atoms with Gasteiger partial charge in [0.2, 0.25) is 0 Å². The molecule has 0 radical (unpaired) electrons. The van der Waals surface area contributed by atoms with E-state index in [2.05, 4.69) is 44.7 Å². The van der Waals surface area contributed by atoms with Crippen molar-refractivity contribution in [2.75, 3.05) is 0 Å². The molecule has 0 aliphatic heterocycles. The number of aromatic nitrogens is 3. The van der Waals surface area contributed by atoms with Crippen molar-refractivity contribution in [3.8, 4) is 0 Å². The first-order valence-electron chi connectivity index (χ1n) is 5.93. The normalized spacial score (nSPS) is 14.4. The van der Waals surface area contributed by atoms with Crippen molar-refractivity contribution in [3.63, 3.8) is 0 Å². The van der Waals surface area contributed by atoms with Gasteiger partial charge < -0.3 is 5.73 Å². The largest absolute Gasteiger partial charge is 0.327 e. The van der Waals surface area contributed by atoms with Gasteiger partial charge in [0.15, 0.2) is 0 Å².